The molecule has 332 valence electrons. The Labute approximate surface area is 403 Å². The van der Waals surface area contributed by atoms with Crippen molar-refractivity contribution < 1.29 is 0 Å². The van der Waals surface area contributed by atoms with Crippen LogP contribution >= 0.6 is 0 Å². The van der Waals surface area contributed by atoms with Crippen LogP contribution < -0.4 is 4.90 Å². The van der Waals surface area contributed by atoms with E-state index in [0.717, 1.165) is 17.1 Å². The second-order valence-electron chi connectivity index (χ2n) is 21.0. The summed E-state index contributed by atoms with van der Waals surface area (Å²) in [6.45, 7) is 9.66. The topological polar surface area (TPSA) is 3.24 Å². The summed E-state index contributed by atoms with van der Waals surface area (Å²) in [7, 11) is 0. The van der Waals surface area contributed by atoms with Crippen LogP contribution in [0.2, 0.25) is 0 Å². The van der Waals surface area contributed by atoms with E-state index in [9.17, 15) is 0 Å². The van der Waals surface area contributed by atoms with E-state index in [4.69, 9.17) is 0 Å². The van der Waals surface area contributed by atoms with E-state index >= 15 is 0 Å². The zero-order valence-corrected chi connectivity index (χ0v) is 39.9. The van der Waals surface area contributed by atoms with Crippen LogP contribution in [0.3, 0.4) is 0 Å². The molecule has 0 heterocycles. The van der Waals surface area contributed by atoms with Gasteiger partial charge in [0.2, 0.25) is 0 Å². The average Bonchev–Trinajstić information content (AvgIpc) is 3.68. The minimum absolute atomic E-state index is 0.141. The Morgan fingerprint density at radius 1 is 0.338 bits per heavy atom. The number of rotatable bonds is 8. The number of para-hydroxylation sites is 1. The highest BCUT2D eigenvalue weighted by Crippen LogP contribution is 2.59. The van der Waals surface area contributed by atoms with E-state index < -0.39 is 5.41 Å². The quantitative estimate of drug-likeness (QED) is 0.147. The third-order valence-electron chi connectivity index (χ3n) is 16.0. The number of hydrogen-bond acceptors (Lipinski definition) is 1. The molecular weight excluding hydrogens is 819 g/mol. The Balaban J connectivity index is 1.07. The predicted octanol–water partition coefficient (Wildman–Crippen LogP) is 17.7. The lowest BCUT2D eigenvalue weighted by Gasteiger charge is -2.42. The van der Waals surface area contributed by atoms with Crippen LogP contribution in [0.25, 0.3) is 44.5 Å². The van der Waals surface area contributed by atoms with Crippen LogP contribution in [0, 0.1) is 0 Å². The Hall–Kier alpha value is -7.22. The molecule has 9 aromatic carbocycles. The van der Waals surface area contributed by atoms with Gasteiger partial charge in [0.25, 0.3) is 0 Å². The van der Waals surface area contributed by atoms with Gasteiger partial charge in [-0.15, -0.1) is 0 Å². The molecule has 9 aromatic rings. The lowest BCUT2D eigenvalue weighted by molar-refractivity contribution is 0.332. The van der Waals surface area contributed by atoms with Gasteiger partial charge in [0.1, 0.15) is 0 Å². The highest BCUT2D eigenvalue weighted by molar-refractivity contribution is 5.97. The van der Waals surface area contributed by atoms with Crippen molar-refractivity contribution in [3.05, 3.63) is 257 Å². The number of nitrogens with zero attached hydrogens (tertiary/aromatic N) is 1. The maximum absolute atomic E-state index is 2.54. The van der Waals surface area contributed by atoms with E-state index in [1.807, 2.05) is 0 Å². The molecule has 0 unspecified atom stereocenters. The fourth-order valence-corrected chi connectivity index (χ4v) is 12.2. The fourth-order valence-electron chi connectivity index (χ4n) is 12.2. The Bertz CT molecular complexity index is 3260. The van der Waals surface area contributed by atoms with Gasteiger partial charge in [0.15, 0.2) is 0 Å². The van der Waals surface area contributed by atoms with Crippen molar-refractivity contribution in [3.63, 3.8) is 0 Å². The monoisotopic (exact) mass is 877 g/mol. The van der Waals surface area contributed by atoms with Gasteiger partial charge in [-0.25, -0.2) is 0 Å². The summed E-state index contributed by atoms with van der Waals surface area (Å²) in [6.07, 6.45) is 7.35. The second-order valence-corrected chi connectivity index (χ2v) is 21.0. The van der Waals surface area contributed by atoms with Crippen molar-refractivity contribution in [1.82, 2.24) is 0 Å². The summed E-state index contributed by atoms with van der Waals surface area (Å²) in [5.74, 6) is 0. The van der Waals surface area contributed by atoms with E-state index in [-0.39, 0.29) is 10.8 Å². The maximum atomic E-state index is 2.54. The predicted molar refractivity (Wildman–Crippen MR) is 287 cm³/mol. The Morgan fingerprint density at radius 2 is 0.853 bits per heavy atom. The molecule has 0 N–H and O–H groups in total. The van der Waals surface area contributed by atoms with Gasteiger partial charge in [-0.05, 0) is 169 Å². The first-order valence-corrected chi connectivity index (χ1v) is 24.9. The third-order valence-corrected chi connectivity index (χ3v) is 16.0. The van der Waals surface area contributed by atoms with E-state index in [2.05, 4.69) is 245 Å². The number of fused-ring (bicyclic) bond motifs is 5. The standard InChI is InChI=1S/C67H59N/c1-65(2)40-41-66(3,4)63-43-52(36-39-61(63)65)48-34-37-56(38-35-48)68(55-24-12-7-13-25-55)64-45-62-59(44-58(64)49-31-28-47(29-32-49)51-33-30-46-18-14-15-19-50(46)42-51)57-26-16-17-27-60(57)67(62,53-20-8-5-9-21-53)54-22-10-6-11-23-54/h5-13,16-17,20-39,42-45H,14-15,18-19,40-41H2,1-4H3. The third kappa shape index (κ3) is 6.97. The fraction of sp³-hybridized carbons (Fsp3) is 0.194. The number of aryl methyl sites for hydroxylation is 2. The number of anilines is 3. The van der Waals surface area contributed by atoms with Gasteiger partial charge < -0.3 is 4.90 Å². The average molecular weight is 878 g/mol. The SMILES string of the molecule is CC1(C)CCC(C)(C)c2cc(-c3ccc(N(c4ccccc4)c4cc5c(cc4-c4ccc(-c6ccc7c(c6)CCCC7)cc4)-c4ccccc4C5(c4ccccc4)c4ccccc4)cc3)ccc21. The Kier molecular flexibility index (Phi) is 10.2. The lowest BCUT2D eigenvalue weighted by atomic mass is 9.63. The molecule has 68 heavy (non-hydrogen) atoms. The van der Waals surface area contributed by atoms with Gasteiger partial charge in [0.05, 0.1) is 11.1 Å². The first-order valence-electron chi connectivity index (χ1n) is 24.9. The van der Waals surface area contributed by atoms with Crippen LogP contribution in [0.1, 0.15) is 97.9 Å². The summed E-state index contributed by atoms with van der Waals surface area (Å²) in [6, 6.07) is 80.6. The molecule has 1 nitrogen and oxygen atoms in total. The van der Waals surface area contributed by atoms with E-state index in [0.29, 0.717) is 0 Å². The molecule has 1 heteroatoms. The van der Waals surface area contributed by atoms with Gasteiger partial charge in [-0.1, -0.05) is 204 Å². The minimum Gasteiger partial charge on any atom is -0.310 e. The van der Waals surface area contributed by atoms with Crippen molar-refractivity contribution in [2.75, 3.05) is 4.90 Å². The van der Waals surface area contributed by atoms with Crippen molar-refractivity contribution in [3.8, 4) is 44.5 Å². The lowest BCUT2D eigenvalue weighted by Crippen LogP contribution is -2.33. The highest BCUT2D eigenvalue weighted by atomic mass is 15.1. The van der Waals surface area contributed by atoms with Crippen molar-refractivity contribution in [2.45, 2.75) is 82.5 Å². The van der Waals surface area contributed by atoms with Crippen LogP contribution in [-0.2, 0) is 29.1 Å². The van der Waals surface area contributed by atoms with Crippen molar-refractivity contribution in [2.24, 2.45) is 0 Å². The van der Waals surface area contributed by atoms with Gasteiger partial charge >= 0.3 is 0 Å². The molecule has 0 aliphatic heterocycles. The van der Waals surface area contributed by atoms with E-state index in [1.165, 1.54) is 128 Å². The molecular formula is C67H59N. The van der Waals surface area contributed by atoms with Crippen molar-refractivity contribution >= 4 is 17.1 Å². The summed E-state index contributed by atoms with van der Waals surface area (Å²) in [5.41, 5.74) is 24.3. The van der Waals surface area contributed by atoms with Crippen molar-refractivity contribution in [1.29, 1.82) is 0 Å². The van der Waals surface area contributed by atoms with Gasteiger partial charge in [-0.2, -0.15) is 0 Å². The second kappa shape index (κ2) is 16.5. The molecule has 0 fully saturated rings. The molecule has 0 amide bonds. The molecule has 0 saturated heterocycles. The molecule has 0 bridgehead atoms. The smallest absolute Gasteiger partial charge is 0.0714 e. The zero-order valence-electron chi connectivity index (χ0n) is 39.9. The number of benzene rings is 9. The molecule has 0 aromatic heterocycles. The Morgan fingerprint density at radius 3 is 1.53 bits per heavy atom. The molecule has 0 saturated carbocycles. The summed E-state index contributed by atoms with van der Waals surface area (Å²) in [5, 5.41) is 0. The normalized spacial score (nSPS) is 15.9. The highest BCUT2D eigenvalue weighted by Gasteiger charge is 2.47. The minimum atomic E-state index is -0.543. The number of hydrogen-bond donors (Lipinski definition) is 0. The van der Waals surface area contributed by atoms with Crippen LogP contribution in [-0.4, -0.2) is 0 Å². The summed E-state index contributed by atoms with van der Waals surface area (Å²) >= 11 is 0. The van der Waals surface area contributed by atoms with Crippen LogP contribution in [0.4, 0.5) is 17.1 Å². The largest absolute Gasteiger partial charge is 0.310 e. The van der Waals surface area contributed by atoms with E-state index in [1.54, 1.807) is 0 Å². The van der Waals surface area contributed by atoms with Gasteiger partial charge in [-0.3, -0.25) is 0 Å². The maximum Gasteiger partial charge on any atom is 0.0714 e. The molecule has 0 radical (unpaired) electrons. The van der Waals surface area contributed by atoms with Gasteiger partial charge in [0, 0.05) is 16.9 Å². The first-order chi connectivity index (χ1) is 33.2. The summed E-state index contributed by atoms with van der Waals surface area (Å²) < 4.78 is 0. The zero-order chi connectivity index (χ0) is 46.0. The molecule has 12 rings (SSSR count). The van der Waals surface area contributed by atoms with Crippen LogP contribution in [0.5, 0.6) is 0 Å². The van der Waals surface area contributed by atoms with Crippen LogP contribution in [0.15, 0.2) is 212 Å². The summed E-state index contributed by atoms with van der Waals surface area (Å²) in [4.78, 5) is 2.50. The molecule has 0 spiro atoms. The molecule has 3 aliphatic carbocycles. The molecule has 0 atom stereocenters. The molecule has 3 aliphatic rings. The first kappa shape index (κ1) is 42.2.